The Labute approximate surface area is 171 Å². The summed E-state index contributed by atoms with van der Waals surface area (Å²) in [7, 11) is 0. The molecule has 0 amide bonds. The fourth-order valence-corrected chi connectivity index (χ4v) is 3.82. The van der Waals surface area contributed by atoms with Crippen LogP contribution in [0.4, 0.5) is 4.39 Å². The molecule has 8 heteroatoms. The summed E-state index contributed by atoms with van der Waals surface area (Å²) in [6.07, 6.45) is 5.81. The fraction of sp³-hybridized carbons (Fsp3) is 0.182. The number of nitrogens with zero attached hydrogens (tertiary/aromatic N) is 4. The quantitative estimate of drug-likeness (QED) is 0.548. The van der Waals surface area contributed by atoms with E-state index in [2.05, 4.69) is 30.0 Å². The van der Waals surface area contributed by atoms with E-state index in [4.69, 9.17) is 0 Å². The molecule has 3 aromatic heterocycles. The van der Waals surface area contributed by atoms with E-state index < -0.39 is 0 Å². The van der Waals surface area contributed by atoms with Gasteiger partial charge in [-0.2, -0.15) is 5.10 Å². The smallest absolute Gasteiger partial charge is 0.255 e. The van der Waals surface area contributed by atoms with Crippen LogP contribution in [0.3, 0.4) is 0 Å². The molecule has 0 bridgehead atoms. The second kappa shape index (κ2) is 7.64. The Morgan fingerprint density at radius 2 is 2.03 bits per heavy atom. The molecule has 4 heterocycles. The molecule has 0 fully saturated rings. The number of rotatable bonds is 4. The molecule has 1 aliphatic rings. The Morgan fingerprint density at radius 1 is 1.13 bits per heavy atom. The Hall–Kier alpha value is -3.65. The van der Waals surface area contributed by atoms with Gasteiger partial charge < -0.3 is 4.98 Å². The number of aromatic amines is 2. The first-order valence-corrected chi connectivity index (χ1v) is 9.70. The highest BCUT2D eigenvalue weighted by atomic mass is 19.1. The number of halogens is 1. The van der Waals surface area contributed by atoms with Gasteiger partial charge in [-0.05, 0) is 24.3 Å². The molecule has 5 rings (SSSR count). The number of aromatic nitrogens is 5. The molecular formula is C22H19FN6O. The minimum absolute atomic E-state index is 0.124. The number of hydrogen-bond donors (Lipinski definition) is 2. The normalized spacial score (nSPS) is 13.9. The number of hydrogen-bond acceptors (Lipinski definition) is 5. The van der Waals surface area contributed by atoms with Crippen molar-refractivity contribution >= 4 is 0 Å². The van der Waals surface area contributed by atoms with Gasteiger partial charge in [0, 0.05) is 55.1 Å². The Balaban J connectivity index is 1.39. The molecule has 0 aliphatic carbocycles. The number of nitrogens with one attached hydrogen (secondary N) is 2. The minimum Gasteiger partial charge on any atom is -0.306 e. The molecule has 7 nitrogen and oxygen atoms in total. The second-order valence-corrected chi connectivity index (χ2v) is 7.32. The summed E-state index contributed by atoms with van der Waals surface area (Å²) in [6.45, 7) is 1.87. The van der Waals surface area contributed by atoms with Crippen LogP contribution in [0.1, 0.15) is 16.8 Å². The lowest BCUT2D eigenvalue weighted by Gasteiger charge is -2.27. The molecule has 0 saturated carbocycles. The lowest BCUT2D eigenvalue weighted by atomic mass is 10.0. The average molecular weight is 402 g/mol. The van der Waals surface area contributed by atoms with Crippen LogP contribution < -0.4 is 5.56 Å². The highest BCUT2D eigenvalue weighted by molar-refractivity contribution is 5.62. The molecule has 1 aliphatic heterocycles. The van der Waals surface area contributed by atoms with Crippen LogP contribution in [0.25, 0.3) is 22.6 Å². The maximum atomic E-state index is 13.6. The first kappa shape index (κ1) is 18.4. The molecule has 2 N–H and O–H groups in total. The van der Waals surface area contributed by atoms with Gasteiger partial charge in [-0.3, -0.25) is 19.8 Å². The van der Waals surface area contributed by atoms with Gasteiger partial charge in [0.25, 0.3) is 5.56 Å². The minimum atomic E-state index is -0.290. The van der Waals surface area contributed by atoms with Gasteiger partial charge in [0.1, 0.15) is 11.6 Å². The molecule has 0 radical (unpaired) electrons. The van der Waals surface area contributed by atoms with Crippen LogP contribution in [-0.4, -0.2) is 36.6 Å². The third kappa shape index (κ3) is 3.53. The number of H-pyrrole nitrogens is 2. The fourth-order valence-electron chi connectivity index (χ4n) is 3.82. The highest BCUT2D eigenvalue weighted by Gasteiger charge is 2.23. The van der Waals surface area contributed by atoms with Crippen molar-refractivity contribution in [2.24, 2.45) is 0 Å². The van der Waals surface area contributed by atoms with Crippen molar-refractivity contribution in [2.75, 3.05) is 6.54 Å². The first-order chi connectivity index (χ1) is 14.7. The van der Waals surface area contributed by atoms with Crippen LogP contribution in [0, 0.1) is 5.82 Å². The second-order valence-electron chi connectivity index (χ2n) is 7.32. The van der Waals surface area contributed by atoms with Gasteiger partial charge in [-0.1, -0.05) is 12.1 Å². The van der Waals surface area contributed by atoms with E-state index in [-0.39, 0.29) is 11.4 Å². The first-order valence-electron chi connectivity index (χ1n) is 9.70. The van der Waals surface area contributed by atoms with Gasteiger partial charge in [-0.25, -0.2) is 9.37 Å². The molecular weight excluding hydrogens is 383 g/mol. The largest absolute Gasteiger partial charge is 0.306 e. The zero-order valence-electron chi connectivity index (χ0n) is 16.1. The molecule has 0 saturated heterocycles. The topological polar surface area (TPSA) is 90.6 Å². The predicted octanol–water partition coefficient (Wildman–Crippen LogP) is 2.92. The number of benzene rings is 1. The maximum Gasteiger partial charge on any atom is 0.255 e. The van der Waals surface area contributed by atoms with Crippen molar-refractivity contribution in [3.63, 3.8) is 0 Å². The number of pyridine rings is 1. The lowest BCUT2D eigenvalue weighted by molar-refractivity contribution is 0.242. The molecule has 150 valence electrons. The van der Waals surface area contributed by atoms with E-state index in [9.17, 15) is 9.18 Å². The standard InChI is InChI=1S/C22H19FN6O/c23-17-5-1-3-14(9-17)20-16(11-25-28-20)12-29-8-6-19-18(13-29)22(30)27-21(26-19)15-4-2-7-24-10-15/h1-5,7,9-11H,6,8,12-13H2,(H,25,28)(H,26,27,30). The molecule has 0 atom stereocenters. The van der Waals surface area contributed by atoms with Crippen LogP contribution in [0.5, 0.6) is 0 Å². The predicted molar refractivity (Wildman–Crippen MR) is 110 cm³/mol. The SMILES string of the molecule is O=c1[nH]c(-c2cccnc2)nc2c1CN(Cc1cn[nH]c1-c1cccc(F)c1)CC2. The van der Waals surface area contributed by atoms with Crippen molar-refractivity contribution in [3.8, 4) is 22.6 Å². The van der Waals surface area contributed by atoms with E-state index >= 15 is 0 Å². The summed E-state index contributed by atoms with van der Waals surface area (Å²) in [4.78, 5) is 26.5. The Kier molecular flexibility index (Phi) is 4.68. The molecule has 4 aromatic rings. The van der Waals surface area contributed by atoms with Crippen molar-refractivity contribution in [1.29, 1.82) is 0 Å². The number of fused-ring (bicyclic) bond motifs is 1. The van der Waals surface area contributed by atoms with Gasteiger partial charge in [-0.15, -0.1) is 0 Å². The Bertz CT molecular complexity index is 1250. The van der Waals surface area contributed by atoms with Gasteiger partial charge >= 0.3 is 0 Å². The van der Waals surface area contributed by atoms with Crippen molar-refractivity contribution in [2.45, 2.75) is 19.5 Å². The summed E-state index contributed by atoms with van der Waals surface area (Å²) in [6, 6.07) is 10.1. The lowest BCUT2D eigenvalue weighted by Crippen LogP contribution is -2.35. The van der Waals surface area contributed by atoms with Gasteiger partial charge in [0.15, 0.2) is 0 Å². The zero-order chi connectivity index (χ0) is 20.5. The van der Waals surface area contributed by atoms with Gasteiger partial charge in [0.2, 0.25) is 0 Å². The molecule has 30 heavy (non-hydrogen) atoms. The van der Waals surface area contributed by atoms with E-state index in [1.165, 1.54) is 12.1 Å². The van der Waals surface area contributed by atoms with E-state index in [1.807, 2.05) is 18.2 Å². The summed E-state index contributed by atoms with van der Waals surface area (Å²) < 4.78 is 13.6. The maximum absolute atomic E-state index is 13.6. The average Bonchev–Trinajstić information content (AvgIpc) is 3.23. The van der Waals surface area contributed by atoms with E-state index in [0.29, 0.717) is 30.9 Å². The third-order valence-corrected chi connectivity index (χ3v) is 5.31. The Morgan fingerprint density at radius 3 is 2.87 bits per heavy atom. The highest BCUT2D eigenvalue weighted by Crippen LogP contribution is 2.25. The zero-order valence-corrected chi connectivity index (χ0v) is 16.1. The van der Waals surface area contributed by atoms with Crippen LogP contribution in [0.15, 0.2) is 59.8 Å². The van der Waals surface area contributed by atoms with Crippen LogP contribution in [-0.2, 0) is 19.5 Å². The molecule has 0 spiro atoms. The van der Waals surface area contributed by atoms with E-state index in [0.717, 1.165) is 34.6 Å². The summed E-state index contributed by atoms with van der Waals surface area (Å²) >= 11 is 0. The summed E-state index contributed by atoms with van der Waals surface area (Å²) in [5, 5.41) is 7.11. The van der Waals surface area contributed by atoms with Crippen LogP contribution in [0.2, 0.25) is 0 Å². The van der Waals surface area contributed by atoms with E-state index in [1.54, 1.807) is 24.7 Å². The molecule has 1 aromatic carbocycles. The van der Waals surface area contributed by atoms with Gasteiger partial charge in [0.05, 0.1) is 23.1 Å². The van der Waals surface area contributed by atoms with Crippen molar-refractivity contribution in [3.05, 3.63) is 88.0 Å². The monoisotopic (exact) mass is 402 g/mol. The van der Waals surface area contributed by atoms with Crippen molar-refractivity contribution in [1.82, 2.24) is 30.0 Å². The summed E-state index contributed by atoms with van der Waals surface area (Å²) in [5.74, 6) is 0.255. The van der Waals surface area contributed by atoms with Crippen molar-refractivity contribution < 1.29 is 4.39 Å². The third-order valence-electron chi connectivity index (χ3n) is 5.31. The summed E-state index contributed by atoms with van der Waals surface area (Å²) in [5.41, 5.74) is 4.68. The molecule has 0 unspecified atom stereocenters. The van der Waals surface area contributed by atoms with Crippen LogP contribution >= 0.6 is 0 Å².